The number of rotatable bonds is 8. The van der Waals surface area contributed by atoms with Gasteiger partial charge in [0, 0.05) is 36.8 Å². The molecule has 1 saturated heterocycles. The predicted molar refractivity (Wildman–Crippen MR) is 135 cm³/mol. The first-order valence-electron chi connectivity index (χ1n) is 11.7. The lowest BCUT2D eigenvalue weighted by atomic mass is 9.98. The minimum absolute atomic E-state index is 0.0265. The van der Waals surface area contributed by atoms with Gasteiger partial charge in [0.15, 0.2) is 0 Å². The Hall–Kier alpha value is -2.37. The first kappa shape index (κ1) is 29.9. The van der Waals surface area contributed by atoms with Crippen LogP contribution >= 0.6 is 11.6 Å². The number of halogens is 4. The lowest BCUT2D eigenvalue weighted by Gasteiger charge is -2.22. The van der Waals surface area contributed by atoms with Gasteiger partial charge in [0.1, 0.15) is 11.5 Å². The average Bonchev–Trinajstić information content (AvgIpc) is 3.36. The van der Waals surface area contributed by atoms with Crippen molar-refractivity contribution in [3.63, 3.8) is 0 Å². The summed E-state index contributed by atoms with van der Waals surface area (Å²) in [5.74, 6) is -0.677. The number of pyridine rings is 1. The summed E-state index contributed by atoms with van der Waals surface area (Å²) in [6, 6.07) is 7.21. The summed E-state index contributed by atoms with van der Waals surface area (Å²) < 4.78 is 64.4. The molecular formula is C24H32ClF3N4O3S. The van der Waals surface area contributed by atoms with E-state index in [1.165, 1.54) is 6.07 Å². The van der Waals surface area contributed by atoms with E-state index in [4.69, 9.17) is 11.6 Å². The van der Waals surface area contributed by atoms with Crippen molar-refractivity contribution in [3.8, 4) is 0 Å². The fourth-order valence-corrected chi connectivity index (χ4v) is 4.32. The van der Waals surface area contributed by atoms with E-state index in [1.807, 2.05) is 18.7 Å². The largest absolute Gasteiger partial charge is 0.433 e. The zero-order valence-corrected chi connectivity index (χ0v) is 22.3. The fourth-order valence-electron chi connectivity index (χ4n) is 3.65. The van der Waals surface area contributed by atoms with E-state index in [0.29, 0.717) is 34.8 Å². The van der Waals surface area contributed by atoms with E-state index in [9.17, 15) is 26.4 Å². The maximum Gasteiger partial charge on any atom is 0.433 e. The van der Waals surface area contributed by atoms with Crippen LogP contribution in [0.1, 0.15) is 61.9 Å². The van der Waals surface area contributed by atoms with Crippen LogP contribution in [0.2, 0.25) is 5.02 Å². The molecule has 2 aromatic rings. The van der Waals surface area contributed by atoms with Gasteiger partial charge < -0.3 is 10.2 Å². The molecule has 2 N–H and O–H groups in total. The lowest BCUT2D eigenvalue weighted by molar-refractivity contribution is -0.141. The fraction of sp³-hybridized carbons (Fsp3) is 0.500. The van der Waals surface area contributed by atoms with Crippen molar-refractivity contribution < 1.29 is 26.4 Å². The molecule has 0 saturated carbocycles. The number of aromatic nitrogens is 1. The molecule has 7 nitrogen and oxygen atoms in total. The number of nitrogens with one attached hydrogen (secondary N) is 2. The molecule has 36 heavy (non-hydrogen) atoms. The van der Waals surface area contributed by atoms with Crippen LogP contribution < -0.4 is 14.9 Å². The highest BCUT2D eigenvalue weighted by Gasteiger charge is 2.34. The van der Waals surface area contributed by atoms with Crippen LogP contribution in [0.4, 0.5) is 19.0 Å². The van der Waals surface area contributed by atoms with Gasteiger partial charge in [-0.15, -0.1) is 0 Å². The number of carbonyl (C=O) groups is 1. The summed E-state index contributed by atoms with van der Waals surface area (Å²) in [6.45, 7) is 6.97. The van der Waals surface area contributed by atoms with Crippen molar-refractivity contribution in [3.05, 3.63) is 57.7 Å². The molecule has 1 amide bonds. The third-order valence-electron chi connectivity index (χ3n) is 5.60. The van der Waals surface area contributed by atoms with Gasteiger partial charge in [0.25, 0.3) is 0 Å². The van der Waals surface area contributed by atoms with Crippen LogP contribution in [0, 0.1) is 0 Å². The Bertz CT molecular complexity index is 1150. The van der Waals surface area contributed by atoms with E-state index in [1.54, 1.807) is 25.1 Å². The number of nitrogens with zero attached hydrogens (tertiary/aromatic N) is 2. The second-order valence-corrected chi connectivity index (χ2v) is 10.5. The highest BCUT2D eigenvalue weighted by Crippen LogP contribution is 2.32. The number of carbonyl (C=O) groups excluding carboxylic acids is 1. The molecule has 1 aromatic carbocycles. The molecule has 0 spiro atoms. The maximum atomic E-state index is 13.2. The monoisotopic (exact) mass is 548 g/mol. The Morgan fingerprint density at radius 2 is 1.72 bits per heavy atom. The molecule has 1 atom stereocenters. The first-order valence-corrected chi connectivity index (χ1v) is 13.9. The minimum atomic E-state index is -4.55. The Balaban J connectivity index is 0.00000222. The highest BCUT2D eigenvalue weighted by molar-refractivity contribution is 7.88. The number of benzene rings is 1. The topological polar surface area (TPSA) is 91.4 Å². The van der Waals surface area contributed by atoms with Gasteiger partial charge in [0.2, 0.25) is 15.9 Å². The molecule has 12 heteroatoms. The van der Waals surface area contributed by atoms with E-state index in [2.05, 4.69) is 15.0 Å². The van der Waals surface area contributed by atoms with Crippen molar-refractivity contribution in [2.24, 2.45) is 0 Å². The van der Waals surface area contributed by atoms with Gasteiger partial charge in [-0.3, -0.25) is 4.79 Å². The van der Waals surface area contributed by atoms with Crippen molar-refractivity contribution >= 4 is 33.3 Å². The Labute approximate surface area is 215 Å². The summed E-state index contributed by atoms with van der Waals surface area (Å²) in [5, 5.41) is 3.09. The highest BCUT2D eigenvalue weighted by atomic mass is 35.5. The van der Waals surface area contributed by atoms with Crippen molar-refractivity contribution in [2.45, 2.75) is 58.8 Å². The third-order valence-corrected chi connectivity index (χ3v) is 6.62. The van der Waals surface area contributed by atoms with Crippen molar-refractivity contribution in [1.82, 2.24) is 15.0 Å². The summed E-state index contributed by atoms with van der Waals surface area (Å²) in [5.41, 5.74) is 0.735. The van der Waals surface area contributed by atoms with Gasteiger partial charge in [-0.2, -0.15) is 13.2 Å². The zero-order valence-electron chi connectivity index (χ0n) is 20.7. The molecule has 1 fully saturated rings. The minimum Gasteiger partial charge on any atom is -0.356 e. The van der Waals surface area contributed by atoms with Gasteiger partial charge in [-0.1, -0.05) is 43.6 Å². The number of hydrogen-bond donors (Lipinski definition) is 2. The van der Waals surface area contributed by atoms with Crippen LogP contribution in [-0.2, 0) is 34.1 Å². The van der Waals surface area contributed by atoms with Crippen LogP contribution in [0.15, 0.2) is 30.3 Å². The van der Waals surface area contributed by atoms with Gasteiger partial charge in [0.05, 0.1) is 12.2 Å². The molecule has 1 aliphatic heterocycles. The summed E-state index contributed by atoms with van der Waals surface area (Å²) in [4.78, 5) is 18.4. The van der Waals surface area contributed by atoms with Crippen molar-refractivity contribution in [1.29, 1.82) is 0 Å². The lowest BCUT2D eigenvalue weighted by Crippen LogP contribution is -2.30. The molecule has 1 aromatic heterocycles. The maximum absolute atomic E-state index is 13.2. The van der Waals surface area contributed by atoms with Crippen LogP contribution in [0.3, 0.4) is 0 Å². The Morgan fingerprint density at radius 3 is 2.28 bits per heavy atom. The van der Waals surface area contributed by atoms with Gasteiger partial charge in [-0.05, 0) is 43.0 Å². The molecule has 1 unspecified atom stereocenters. The molecule has 0 radical (unpaired) electrons. The molecule has 200 valence electrons. The second kappa shape index (κ2) is 12.7. The summed E-state index contributed by atoms with van der Waals surface area (Å²) in [6.07, 6.45) is -1.76. The predicted octanol–water partition coefficient (Wildman–Crippen LogP) is 4.85. The van der Waals surface area contributed by atoms with E-state index in [-0.39, 0.29) is 24.8 Å². The van der Waals surface area contributed by atoms with E-state index < -0.39 is 27.8 Å². The molecule has 2 heterocycles. The average molecular weight is 549 g/mol. The molecule has 0 bridgehead atoms. The normalized spacial score (nSPS) is 14.7. The van der Waals surface area contributed by atoms with Crippen LogP contribution in [-0.4, -0.2) is 38.7 Å². The van der Waals surface area contributed by atoms with Crippen LogP contribution in [0.25, 0.3) is 0 Å². The standard InChI is InChI=1S/C22H26ClF3N4O3S.C2H6/c1-14(15-5-6-16(18(23)11-15)13-28-34(2,32)33)21(31)27-12-17-7-8-19(22(24,25)26)29-20(17)30-9-3-4-10-30;1-2/h5-8,11,14,28H,3-4,9-10,12-13H2,1-2H3,(H,27,31);1-2H3. The van der Waals surface area contributed by atoms with Gasteiger partial charge >= 0.3 is 6.18 Å². The third kappa shape index (κ3) is 8.35. The van der Waals surface area contributed by atoms with Crippen LogP contribution in [0.5, 0.6) is 0 Å². The number of sulfonamides is 1. The second-order valence-electron chi connectivity index (χ2n) is 8.25. The van der Waals surface area contributed by atoms with E-state index in [0.717, 1.165) is 25.2 Å². The molecule has 0 aliphatic carbocycles. The number of anilines is 1. The summed E-state index contributed by atoms with van der Waals surface area (Å²) >= 11 is 6.25. The molecule has 3 rings (SSSR count). The number of hydrogen-bond acceptors (Lipinski definition) is 5. The molecular weight excluding hydrogens is 517 g/mol. The quantitative estimate of drug-likeness (QED) is 0.492. The van der Waals surface area contributed by atoms with Crippen molar-refractivity contribution in [2.75, 3.05) is 24.2 Å². The smallest absolute Gasteiger partial charge is 0.356 e. The number of amides is 1. The Kier molecular flexibility index (Phi) is 10.6. The molecule has 1 aliphatic rings. The zero-order chi connectivity index (χ0) is 27.1. The number of alkyl halides is 3. The van der Waals surface area contributed by atoms with Gasteiger partial charge in [-0.25, -0.2) is 18.1 Å². The van der Waals surface area contributed by atoms with E-state index >= 15 is 0 Å². The Morgan fingerprint density at radius 1 is 1.11 bits per heavy atom. The first-order chi connectivity index (χ1) is 16.8. The SMILES string of the molecule is CC.CC(C(=O)NCc1ccc(C(F)(F)F)nc1N1CCCC1)c1ccc(CNS(C)(=O)=O)c(Cl)c1. The summed E-state index contributed by atoms with van der Waals surface area (Å²) in [7, 11) is -3.38.